The smallest absolute Gasteiger partial charge is 0.306 e. The maximum atomic E-state index is 12.9. The topological polar surface area (TPSA) is 117 Å². The van der Waals surface area contributed by atoms with Gasteiger partial charge < -0.3 is 29.9 Å². The van der Waals surface area contributed by atoms with E-state index in [1.54, 1.807) is 0 Å². The number of likely N-dealkylation sites (N-methyl/N-ethyl adjacent to an activating group) is 1. The number of carbonyl (C=O) groups excluding carboxylic acids is 2. The Morgan fingerprint density at radius 3 is 1.37 bits per heavy atom. The molecule has 1 unspecified atom stereocenters. The van der Waals surface area contributed by atoms with Crippen molar-refractivity contribution in [3.05, 3.63) is 20.4 Å². The van der Waals surface area contributed by atoms with Crippen molar-refractivity contribution in [2.24, 2.45) is 0 Å². The van der Waals surface area contributed by atoms with E-state index in [2.05, 4.69) is 36.3 Å². The number of carbonyl (C=O) groups is 2. The molecule has 0 radical (unpaired) electrons. The molecule has 62 heavy (non-hydrogen) atoms. The molecule has 1 aromatic carbocycles. The molecule has 362 valence electrons. The van der Waals surface area contributed by atoms with E-state index in [0.29, 0.717) is 43.9 Å². The lowest BCUT2D eigenvalue weighted by atomic mass is 10.0. The Labute approximate surface area is 380 Å². The molecular weight excluding hydrogens is 777 g/mol. The second-order valence-electron chi connectivity index (χ2n) is 18.5. The molecule has 0 heterocycles. The first-order valence-electron chi connectivity index (χ1n) is 26.3. The lowest BCUT2D eigenvalue weighted by Crippen LogP contribution is -2.39. The van der Waals surface area contributed by atoms with Crippen molar-refractivity contribution in [1.82, 2.24) is 9.80 Å². The minimum Gasteiger partial charge on any atom is -0.466 e. The Balaban J connectivity index is 2.45. The molecular formula is C52H98N4O6. The van der Waals surface area contributed by atoms with Gasteiger partial charge in [0.15, 0.2) is 0 Å². The minimum atomic E-state index is -0.425. The molecule has 1 aromatic rings. The number of hydrogen-bond donors (Lipinski definition) is 2. The zero-order chi connectivity index (χ0) is 45.3. The van der Waals surface area contributed by atoms with E-state index in [-0.39, 0.29) is 18.0 Å². The summed E-state index contributed by atoms with van der Waals surface area (Å²) in [6.45, 7) is 12.3. The third kappa shape index (κ3) is 32.2. The van der Waals surface area contributed by atoms with Crippen LogP contribution in [-0.4, -0.2) is 87.8 Å². The number of rotatable bonds is 47. The molecule has 0 aliphatic carbocycles. The number of hydrogen-bond acceptors (Lipinski definition) is 10. The molecule has 0 aliphatic heterocycles. The summed E-state index contributed by atoms with van der Waals surface area (Å²) in [5, 5.41) is 6.39. The summed E-state index contributed by atoms with van der Waals surface area (Å²) in [4.78, 5) is 54.1. The zero-order valence-electron chi connectivity index (χ0n) is 41.2. The predicted octanol–water partition coefficient (Wildman–Crippen LogP) is 12.4. The van der Waals surface area contributed by atoms with Gasteiger partial charge in [-0.25, -0.2) is 0 Å². The Morgan fingerprint density at radius 1 is 0.468 bits per heavy atom. The highest BCUT2D eigenvalue weighted by molar-refractivity contribution is 5.74. The van der Waals surface area contributed by atoms with Crippen molar-refractivity contribution in [2.45, 2.75) is 239 Å². The normalized spacial score (nSPS) is 12.1. The van der Waals surface area contributed by atoms with Crippen LogP contribution in [0.25, 0.3) is 0 Å². The van der Waals surface area contributed by atoms with E-state index in [9.17, 15) is 19.2 Å². The molecule has 0 saturated heterocycles. The number of ether oxygens (including phenoxy) is 2. The van der Waals surface area contributed by atoms with Crippen molar-refractivity contribution in [3.8, 4) is 0 Å². The summed E-state index contributed by atoms with van der Waals surface area (Å²) in [5.41, 5.74) is 0.0107. The third-order valence-electron chi connectivity index (χ3n) is 12.3. The molecule has 0 amide bonds. The first-order valence-corrected chi connectivity index (χ1v) is 26.3. The number of nitrogens with one attached hydrogen (secondary N) is 2. The van der Waals surface area contributed by atoms with Crippen LogP contribution in [-0.2, 0) is 19.1 Å². The maximum absolute atomic E-state index is 12.9. The van der Waals surface area contributed by atoms with E-state index < -0.39 is 10.9 Å². The Morgan fingerprint density at radius 2 is 0.871 bits per heavy atom. The molecule has 0 aromatic heterocycles. The largest absolute Gasteiger partial charge is 0.466 e. The van der Waals surface area contributed by atoms with E-state index in [0.717, 1.165) is 135 Å². The molecule has 2 N–H and O–H groups in total. The fraction of sp³-hybridized carbons (Fsp3) is 0.885. The maximum Gasteiger partial charge on any atom is 0.306 e. The highest BCUT2D eigenvalue weighted by Crippen LogP contribution is 2.19. The van der Waals surface area contributed by atoms with Gasteiger partial charge in [0.1, 0.15) is 17.5 Å². The van der Waals surface area contributed by atoms with Gasteiger partial charge in [0.25, 0.3) is 10.9 Å². The summed E-state index contributed by atoms with van der Waals surface area (Å²) < 4.78 is 11.5. The van der Waals surface area contributed by atoms with Crippen molar-refractivity contribution in [3.63, 3.8) is 0 Å². The van der Waals surface area contributed by atoms with Gasteiger partial charge >= 0.3 is 11.9 Å². The van der Waals surface area contributed by atoms with Crippen LogP contribution in [0.5, 0.6) is 0 Å². The number of nitrogens with zero attached hydrogens (tertiary/aromatic N) is 2. The van der Waals surface area contributed by atoms with Crippen LogP contribution in [0.4, 0.5) is 11.4 Å². The molecule has 0 aliphatic rings. The SMILES string of the molecule is CCCCCCCCCOC(=O)CCCCCCCN(CCCCCCCC(=O)OC(CCCCCCC)CCCCCCCC)CCCNc1c(NCCN(C)C)c(=O)c1=O. The van der Waals surface area contributed by atoms with Crippen molar-refractivity contribution in [1.29, 1.82) is 0 Å². The van der Waals surface area contributed by atoms with Crippen molar-refractivity contribution >= 4 is 23.3 Å². The highest BCUT2D eigenvalue weighted by Gasteiger charge is 2.20. The summed E-state index contributed by atoms with van der Waals surface area (Å²) >= 11 is 0. The van der Waals surface area contributed by atoms with Gasteiger partial charge in [-0.3, -0.25) is 19.2 Å². The molecule has 0 fully saturated rings. The lowest BCUT2D eigenvalue weighted by Gasteiger charge is -2.23. The van der Waals surface area contributed by atoms with Gasteiger partial charge in [0.05, 0.1) is 6.61 Å². The summed E-state index contributed by atoms with van der Waals surface area (Å²) in [6, 6.07) is 0. The van der Waals surface area contributed by atoms with Gasteiger partial charge in [-0.2, -0.15) is 0 Å². The summed E-state index contributed by atoms with van der Waals surface area (Å²) in [5.74, 6) is -0.0555. The van der Waals surface area contributed by atoms with Crippen LogP contribution in [0.1, 0.15) is 233 Å². The summed E-state index contributed by atoms with van der Waals surface area (Å²) in [7, 11) is 3.96. The fourth-order valence-electron chi connectivity index (χ4n) is 8.21. The number of unbranched alkanes of at least 4 members (excludes halogenated alkanes) is 23. The zero-order valence-corrected chi connectivity index (χ0v) is 41.2. The molecule has 0 bridgehead atoms. The second kappa shape index (κ2) is 41.3. The van der Waals surface area contributed by atoms with E-state index in [1.807, 2.05) is 19.0 Å². The second-order valence-corrected chi connectivity index (χ2v) is 18.5. The first-order chi connectivity index (χ1) is 30.2. The van der Waals surface area contributed by atoms with Gasteiger partial charge in [0, 0.05) is 32.5 Å². The van der Waals surface area contributed by atoms with Crippen LogP contribution in [0, 0.1) is 0 Å². The number of esters is 2. The molecule has 10 nitrogen and oxygen atoms in total. The quantitative estimate of drug-likeness (QED) is 0.0372. The highest BCUT2D eigenvalue weighted by atomic mass is 16.5. The fourth-order valence-corrected chi connectivity index (χ4v) is 8.21. The molecule has 0 spiro atoms. The Bertz CT molecular complexity index is 1260. The molecule has 1 rings (SSSR count). The standard InChI is InChI=1S/C52H98N4O6/c1-6-9-12-15-17-26-33-45-61-47(57)37-29-22-18-24-31-41-56(43-34-39-53-49-50(52(60)51(49)59)54-40-44-55(4)5)42-32-25-19-23-30-38-48(58)62-46(35-27-20-14-11-8-3)36-28-21-16-13-10-7-2/h46,53-54H,6-45H2,1-5H3. The first kappa shape index (κ1) is 57.6. The van der Waals surface area contributed by atoms with Gasteiger partial charge in [0.2, 0.25) is 0 Å². The average molecular weight is 875 g/mol. The van der Waals surface area contributed by atoms with E-state index >= 15 is 0 Å². The van der Waals surface area contributed by atoms with Crippen LogP contribution >= 0.6 is 0 Å². The van der Waals surface area contributed by atoms with Crippen LogP contribution in [0.15, 0.2) is 9.59 Å². The van der Waals surface area contributed by atoms with Crippen LogP contribution in [0.2, 0.25) is 0 Å². The third-order valence-corrected chi connectivity index (χ3v) is 12.3. The van der Waals surface area contributed by atoms with Gasteiger partial charge in [-0.05, 0) is 97.9 Å². The van der Waals surface area contributed by atoms with Gasteiger partial charge in [-0.1, -0.05) is 156 Å². The lowest BCUT2D eigenvalue weighted by molar-refractivity contribution is -0.150. The van der Waals surface area contributed by atoms with E-state index in [1.165, 1.54) is 89.9 Å². The predicted molar refractivity (Wildman–Crippen MR) is 264 cm³/mol. The van der Waals surface area contributed by atoms with Crippen LogP contribution < -0.4 is 21.5 Å². The average Bonchev–Trinajstić information content (AvgIpc) is 3.26. The van der Waals surface area contributed by atoms with Gasteiger partial charge in [-0.15, -0.1) is 0 Å². The Kier molecular flexibility index (Phi) is 38.3. The molecule has 1 atom stereocenters. The van der Waals surface area contributed by atoms with Crippen molar-refractivity contribution < 1.29 is 19.1 Å². The molecule has 0 saturated carbocycles. The van der Waals surface area contributed by atoms with Crippen molar-refractivity contribution in [2.75, 3.05) is 70.6 Å². The monoisotopic (exact) mass is 875 g/mol. The van der Waals surface area contributed by atoms with Crippen LogP contribution in [0.3, 0.4) is 0 Å². The Hall–Kier alpha value is -2.46. The molecule has 10 heteroatoms. The minimum absolute atomic E-state index is 0.00624. The number of anilines is 2. The van der Waals surface area contributed by atoms with E-state index in [4.69, 9.17) is 9.47 Å². The summed E-state index contributed by atoms with van der Waals surface area (Å²) in [6.07, 6.45) is 37.1.